The first-order valence-corrected chi connectivity index (χ1v) is 5.82. The van der Waals surface area contributed by atoms with Gasteiger partial charge in [0, 0.05) is 23.2 Å². The van der Waals surface area contributed by atoms with Crippen LogP contribution >= 0.6 is 11.8 Å². The molecule has 0 spiro atoms. The van der Waals surface area contributed by atoms with Crippen LogP contribution in [0.15, 0.2) is 34.6 Å². The minimum Gasteiger partial charge on any atom is -0.398 e. The molecule has 0 atom stereocenters. The van der Waals surface area contributed by atoms with Gasteiger partial charge in [-0.25, -0.2) is 9.67 Å². The maximum absolute atomic E-state index is 11.4. The van der Waals surface area contributed by atoms with Crippen LogP contribution in [0.2, 0.25) is 0 Å². The number of nitrogens with zero attached hydrogens (tertiary/aromatic N) is 3. The summed E-state index contributed by atoms with van der Waals surface area (Å²) < 4.78 is 1.68. The fraction of sp³-hybridized carbons (Fsp3) is 0.182. The van der Waals surface area contributed by atoms with Crippen LogP contribution in [0.3, 0.4) is 0 Å². The normalized spacial score (nSPS) is 10.5. The van der Waals surface area contributed by atoms with E-state index >= 15 is 0 Å². The Kier molecular flexibility index (Phi) is 3.14. The van der Waals surface area contributed by atoms with Gasteiger partial charge in [0.25, 0.3) is 0 Å². The summed E-state index contributed by atoms with van der Waals surface area (Å²) in [4.78, 5) is 16.4. The summed E-state index contributed by atoms with van der Waals surface area (Å²) in [5, 5.41) is 4.75. The van der Waals surface area contributed by atoms with Gasteiger partial charge in [-0.2, -0.15) is 5.10 Å². The number of Topliss-reactive ketones (excluding diaryl/α,β-unsaturated/α-hetero) is 1. The first-order valence-electron chi connectivity index (χ1n) is 5.00. The number of anilines is 1. The van der Waals surface area contributed by atoms with Crippen LogP contribution in [-0.4, -0.2) is 20.5 Å². The summed E-state index contributed by atoms with van der Waals surface area (Å²) in [6.45, 7) is 1.50. The smallest absolute Gasteiger partial charge is 0.190 e. The third-order valence-electron chi connectivity index (χ3n) is 2.28. The molecule has 0 saturated heterocycles. The van der Waals surface area contributed by atoms with Gasteiger partial charge >= 0.3 is 0 Å². The van der Waals surface area contributed by atoms with Crippen molar-refractivity contribution < 1.29 is 4.79 Å². The molecule has 0 fully saturated rings. The van der Waals surface area contributed by atoms with Crippen molar-refractivity contribution in [3.8, 4) is 0 Å². The number of benzene rings is 1. The topological polar surface area (TPSA) is 73.8 Å². The first-order chi connectivity index (χ1) is 8.08. The van der Waals surface area contributed by atoms with Crippen molar-refractivity contribution in [2.45, 2.75) is 17.0 Å². The summed E-state index contributed by atoms with van der Waals surface area (Å²) in [5.74, 6) is -0.0390. The van der Waals surface area contributed by atoms with Crippen LogP contribution in [0.25, 0.3) is 0 Å². The van der Waals surface area contributed by atoms with Crippen molar-refractivity contribution in [3.05, 3.63) is 30.1 Å². The number of hydrogen-bond donors (Lipinski definition) is 1. The summed E-state index contributed by atoms with van der Waals surface area (Å²) in [5.41, 5.74) is 6.77. The molecule has 1 aromatic heterocycles. The van der Waals surface area contributed by atoms with Crippen LogP contribution in [0, 0.1) is 0 Å². The number of hydrogen-bond acceptors (Lipinski definition) is 5. The van der Waals surface area contributed by atoms with Gasteiger partial charge in [-0.3, -0.25) is 4.79 Å². The summed E-state index contributed by atoms with van der Waals surface area (Å²) in [6.07, 6.45) is 1.49. The van der Waals surface area contributed by atoms with Gasteiger partial charge in [0.1, 0.15) is 6.33 Å². The molecule has 0 aliphatic carbocycles. The van der Waals surface area contributed by atoms with E-state index in [1.807, 2.05) is 13.1 Å². The average molecular weight is 248 g/mol. The Labute approximate surface area is 103 Å². The second-order valence-electron chi connectivity index (χ2n) is 3.57. The third-order valence-corrected chi connectivity index (χ3v) is 3.32. The SMILES string of the molecule is CC(=O)c1cc(Sc2ncnn2C)ccc1N. The van der Waals surface area contributed by atoms with Crippen LogP contribution in [0.4, 0.5) is 5.69 Å². The standard InChI is InChI=1S/C11H12N4OS/c1-7(16)9-5-8(3-4-10(9)12)17-11-13-6-14-15(11)2/h3-6H,12H2,1-2H3. The Hall–Kier alpha value is -1.82. The molecule has 0 unspecified atom stereocenters. The Morgan fingerprint density at radius 3 is 2.82 bits per heavy atom. The number of aryl methyl sites for hydroxylation is 1. The molecule has 88 valence electrons. The van der Waals surface area contributed by atoms with Crippen molar-refractivity contribution >= 4 is 23.2 Å². The zero-order valence-corrected chi connectivity index (χ0v) is 10.4. The van der Waals surface area contributed by atoms with Crippen LogP contribution in [0.1, 0.15) is 17.3 Å². The number of ketones is 1. The fourth-order valence-corrected chi connectivity index (χ4v) is 2.19. The zero-order valence-electron chi connectivity index (χ0n) is 9.54. The lowest BCUT2D eigenvalue weighted by Crippen LogP contribution is -1.99. The number of rotatable bonds is 3. The van der Waals surface area contributed by atoms with Gasteiger partial charge in [0.2, 0.25) is 0 Å². The lowest BCUT2D eigenvalue weighted by Gasteiger charge is -2.05. The van der Waals surface area contributed by atoms with E-state index in [4.69, 9.17) is 5.73 Å². The minimum absolute atomic E-state index is 0.0390. The Balaban J connectivity index is 2.32. The van der Waals surface area contributed by atoms with E-state index < -0.39 is 0 Å². The van der Waals surface area contributed by atoms with Crippen LogP contribution in [0.5, 0.6) is 0 Å². The molecule has 1 heterocycles. The van der Waals surface area contributed by atoms with E-state index in [-0.39, 0.29) is 5.78 Å². The number of nitrogen functional groups attached to an aromatic ring is 1. The zero-order chi connectivity index (χ0) is 12.4. The molecule has 5 nitrogen and oxygen atoms in total. The molecule has 0 bridgehead atoms. The van der Waals surface area contributed by atoms with Gasteiger partial charge in [0.05, 0.1) is 0 Å². The van der Waals surface area contributed by atoms with Gasteiger partial charge in [-0.15, -0.1) is 0 Å². The van der Waals surface area contributed by atoms with Gasteiger partial charge in [-0.1, -0.05) is 11.8 Å². The van der Waals surface area contributed by atoms with Gasteiger partial charge in [-0.05, 0) is 25.1 Å². The molecule has 17 heavy (non-hydrogen) atoms. The number of nitrogens with two attached hydrogens (primary N) is 1. The van der Waals surface area contributed by atoms with Crippen molar-refractivity contribution in [1.29, 1.82) is 0 Å². The molecular weight excluding hydrogens is 236 g/mol. The molecule has 0 radical (unpaired) electrons. The number of carbonyl (C=O) groups is 1. The summed E-state index contributed by atoms with van der Waals surface area (Å²) >= 11 is 1.44. The highest BCUT2D eigenvalue weighted by atomic mass is 32.2. The fourth-order valence-electron chi connectivity index (χ4n) is 1.39. The largest absolute Gasteiger partial charge is 0.398 e. The first kappa shape index (κ1) is 11.7. The van der Waals surface area contributed by atoms with Gasteiger partial charge < -0.3 is 5.73 Å². The average Bonchev–Trinajstić information content (AvgIpc) is 2.67. The Morgan fingerprint density at radius 2 is 2.24 bits per heavy atom. The summed E-state index contributed by atoms with van der Waals surface area (Å²) in [6, 6.07) is 5.37. The van der Waals surface area contributed by atoms with E-state index in [0.29, 0.717) is 11.3 Å². The van der Waals surface area contributed by atoms with Gasteiger partial charge in [0.15, 0.2) is 10.9 Å². The predicted molar refractivity (Wildman–Crippen MR) is 66.0 cm³/mol. The molecule has 0 aliphatic rings. The lowest BCUT2D eigenvalue weighted by molar-refractivity contribution is 0.101. The second-order valence-corrected chi connectivity index (χ2v) is 4.61. The van der Waals surface area contributed by atoms with Crippen molar-refractivity contribution in [1.82, 2.24) is 14.8 Å². The number of carbonyl (C=O) groups excluding carboxylic acids is 1. The molecule has 6 heteroatoms. The van der Waals surface area contributed by atoms with Crippen molar-refractivity contribution in [3.63, 3.8) is 0 Å². The summed E-state index contributed by atoms with van der Waals surface area (Å²) in [7, 11) is 1.82. The molecule has 0 aliphatic heterocycles. The minimum atomic E-state index is -0.0390. The monoisotopic (exact) mass is 248 g/mol. The van der Waals surface area contributed by atoms with E-state index in [1.165, 1.54) is 25.0 Å². The lowest BCUT2D eigenvalue weighted by atomic mass is 10.1. The second kappa shape index (κ2) is 4.58. The van der Waals surface area contributed by atoms with Crippen LogP contribution < -0.4 is 5.73 Å². The van der Waals surface area contributed by atoms with E-state index in [1.54, 1.807) is 16.8 Å². The molecule has 2 rings (SSSR count). The molecule has 0 saturated carbocycles. The predicted octanol–water partition coefficient (Wildman–Crippen LogP) is 1.75. The maximum atomic E-state index is 11.4. The quantitative estimate of drug-likeness (QED) is 0.661. The molecule has 0 amide bonds. The molecule has 2 N–H and O–H groups in total. The molecule has 1 aromatic carbocycles. The van der Waals surface area contributed by atoms with E-state index in [0.717, 1.165) is 10.1 Å². The van der Waals surface area contributed by atoms with Crippen molar-refractivity contribution in [2.24, 2.45) is 7.05 Å². The van der Waals surface area contributed by atoms with Crippen LogP contribution in [-0.2, 0) is 7.05 Å². The van der Waals surface area contributed by atoms with Crippen molar-refractivity contribution in [2.75, 3.05) is 5.73 Å². The highest BCUT2D eigenvalue weighted by Crippen LogP contribution is 2.28. The highest BCUT2D eigenvalue weighted by Gasteiger charge is 2.08. The highest BCUT2D eigenvalue weighted by molar-refractivity contribution is 7.99. The Morgan fingerprint density at radius 1 is 1.47 bits per heavy atom. The maximum Gasteiger partial charge on any atom is 0.190 e. The van der Waals surface area contributed by atoms with E-state index in [9.17, 15) is 4.79 Å². The Bertz CT molecular complexity index is 564. The molecule has 2 aromatic rings. The third kappa shape index (κ3) is 2.47. The molecular formula is C11H12N4OS. The number of aromatic nitrogens is 3. The van der Waals surface area contributed by atoms with E-state index in [2.05, 4.69) is 10.1 Å².